The Labute approximate surface area is 162 Å². The van der Waals surface area contributed by atoms with Crippen LogP contribution >= 0.6 is 15.9 Å². The van der Waals surface area contributed by atoms with Crippen molar-refractivity contribution in [3.8, 4) is 5.75 Å². The molecule has 0 unspecified atom stereocenters. The fourth-order valence-corrected chi connectivity index (χ4v) is 3.31. The van der Waals surface area contributed by atoms with Crippen LogP contribution in [0.15, 0.2) is 53.0 Å². The van der Waals surface area contributed by atoms with Gasteiger partial charge >= 0.3 is 0 Å². The van der Waals surface area contributed by atoms with E-state index < -0.39 is 15.9 Å². The van der Waals surface area contributed by atoms with E-state index in [0.29, 0.717) is 23.7 Å². The number of ether oxygens (including phenoxy) is 1. The molecule has 2 aromatic rings. The van der Waals surface area contributed by atoms with Gasteiger partial charge in [0, 0.05) is 10.2 Å². The fourth-order valence-electron chi connectivity index (χ4n) is 2.19. The number of hydrogen-bond acceptors (Lipinski definition) is 4. The number of nitrogens with zero attached hydrogens (tertiary/aromatic N) is 1. The second kappa shape index (κ2) is 9.05. The van der Waals surface area contributed by atoms with Crippen molar-refractivity contribution in [1.82, 2.24) is 0 Å². The zero-order valence-corrected chi connectivity index (χ0v) is 17.0. The van der Waals surface area contributed by atoms with E-state index in [2.05, 4.69) is 21.2 Å². The monoisotopic (exact) mass is 440 g/mol. The third-order valence-corrected chi connectivity index (χ3v) is 5.08. The minimum Gasteiger partial charge on any atom is -0.494 e. The molecule has 0 aliphatic carbocycles. The molecule has 0 aromatic heterocycles. The van der Waals surface area contributed by atoms with Gasteiger partial charge in [-0.3, -0.25) is 9.10 Å². The van der Waals surface area contributed by atoms with Crippen molar-refractivity contribution in [1.29, 1.82) is 0 Å². The molecule has 0 spiro atoms. The molecular formula is C18H21BrN2O4S. The number of amides is 1. The summed E-state index contributed by atoms with van der Waals surface area (Å²) in [5, 5.41) is 2.69. The van der Waals surface area contributed by atoms with Gasteiger partial charge in [0.15, 0.2) is 0 Å². The summed E-state index contributed by atoms with van der Waals surface area (Å²) >= 11 is 3.32. The lowest BCUT2D eigenvalue weighted by molar-refractivity contribution is -0.114. The predicted molar refractivity (Wildman–Crippen MR) is 107 cm³/mol. The van der Waals surface area contributed by atoms with Gasteiger partial charge in [-0.1, -0.05) is 22.9 Å². The van der Waals surface area contributed by atoms with E-state index in [1.807, 2.05) is 6.92 Å². The molecule has 2 aromatic carbocycles. The molecule has 1 N–H and O–H groups in total. The number of carbonyl (C=O) groups excluding carboxylic acids is 1. The Morgan fingerprint density at radius 3 is 2.27 bits per heavy atom. The van der Waals surface area contributed by atoms with Crippen LogP contribution in [0, 0.1) is 0 Å². The summed E-state index contributed by atoms with van der Waals surface area (Å²) in [6, 6.07) is 13.7. The van der Waals surface area contributed by atoms with E-state index in [4.69, 9.17) is 4.74 Å². The molecule has 26 heavy (non-hydrogen) atoms. The number of anilines is 2. The van der Waals surface area contributed by atoms with Gasteiger partial charge in [-0.05, 0) is 55.0 Å². The number of rotatable bonds is 8. The van der Waals surface area contributed by atoms with Crippen molar-refractivity contribution in [3.63, 3.8) is 0 Å². The van der Waals surface area contributed by atoms with Gasteiger partial charge in [-0.25, -0.2) is 8.42 Å². The maximum absolute atomic E-state index is 12.3. The van der Waals surface area contributed by atoms with Crippen molar-refractivity contribution in [2.75, 3.05) is 29.0 Å². The summed E-state index contributed by atoms with van der Waals surface area (Å²) in [5.41, 5.74) is 0.997. The molecule has 0 saturated heterocycles. The van der Waals surface area contributed by atoms with Gasteiger partial charge in [0.05, 0.1) is 18.6 Å². The lowest BCUT2D eigenvalue weighted by Crippen LogP contribution is -2.37. The molecule has 0 fully saturated rings. The van der Waals surface area contributed by atoms with Crippen LogP contribution < -0.4 is 14.4 Å². The van der Waals surface area contributed by atoms with Crippen LogP contribution in [0.4, 0.5) is 11.4 Å². The second-order valence-corrected chi connectivity index (χ2v) is 8.49. The van der Waals surface area contributed by atoms with Gasteiger partial charge in [-0.15, -0.1) is 0 Å². The predicted octanol–water partition coefficient (Wildman–Crippen LogP) is 3.64. The van der Waals surface area contributed by atoms with Crippen LogP contribution in [0.25, 0.3) is 0 Å². The van der Waals surface area contributed by atoms with E-state index in [1.165, 1.54) is 0 Å². The first-order valence-electron chi connectivity index (χ1n) is 8.05. The summed E-state index contributed by atoms with van der Waals surface area (Å²) in [6.45, 7) is 2.28. The molecule has 140 valence electrons. The topological polar surface area (TPSA) is 75.7 Å². The minimum atomic E-state index is -3.62. The number of carbonyl (C=O) groups is 1. The zero-order valence-electron chi connectivity index (χ0n) is 14.6. The standard InChI is InChI=1S/C18H21BrN2O4S/c1-3-12-25-17-10-8-16(9-11-17)21(26(2,23)24)13-18(22)20-15-6-4-14(19)5-7-15/h4-11H,3,12-13H2,1-2H3,(H,20,22). The Balaban J connectivity index is 2.12. The third-order valence-electron chi connectivity index (χ3n) is 3.41. The molecular weight excluding hydrogens is 420 g/mol. The number of sulfonamides is 1. The van der Waals surface area contributed by atoms with E-state index in [-0.39, 0.29) is 6.54 Å². The van der Waals surface area contributed by atoms with Crippen molar-refractivity contribution in [2.24, 2.45) is 0 Å². The van der Waals surface area contributed by atoms with E-state index in [0.717, 1.165) is 21.5 Å². The van der Waals surface area contributed by atoms with Crippen molar-refractivity contribution in [2.45, 2.75) is 13.3 Å². The molecule has 0 heterocycles. The SMILES string of the molecule is CCCOc1ccc(N(CC(=O)Nc2ccc(Br)cc2)S(C)(=O)=O)cc1. The summed E-state index contributed by atoms with van der Waals surface area (Å²) in [7, 11) is -3.62. The van der Waals surface area contributed by atoms with E-state index in [9.17, 15) is 13.2 Å². The first-order valence-corrected chi connectivity index (χ1v) is 10.7. The van der Waals surface area contributed by atoms with Crippen molar-refractivity contribution in [3.05, 3.63) is 53.0 Å². The molecule has 1 amide bonds. The Hall–Kier alpha value is -2.06. The maximum Gasteiger partial charge on any atom is 0.245 e. The fraction of sp³-hybridized carbons (Fsp3) is 0.278. The molecule has 0 atom stereocenters. The molecule has 8 heteroatoms. The third kappa shape index (κ3) is 6.03. The van der Waals surface area contributed by atoms with Crippen LogP contribution in [0.2, 0.25) is 0 Å². The van der Waals surface area contributed by atoms with Crippen LogP contribution in [0.3, 0.4) is 0 Å². The highest BCUT2D eigenvalue weighted by Crippen LogP contribution is 2.22. The van der Waals surface area contributed by atoms with Crippen molar-refractivity contribution >= 4 is 43.2 Å². The molecule has 0 radical (unpaired) electrons. The van der Waals surface area contributed by atoms with E-state index in [1.54, 1.807) is 48.5 Å². The normalized spacial score (nSPS) is 11.0. The molecule has 0 saturated carbocycles. The summed E-state index contributed by atoms with van der Waals surface area (Å²) in [5.74, 6) is 0.229. The Bertz CT molecular complexity index is 836. The Kier molecular flexibility index (Phi) is 7.05. The molecule has 0 bridgehead atoms. The van der Waals surface area contributed by atoms with Crippen LogP contribution in [-0.4, -0.2) is 33.7 Å². The van der Waals surface area contributed by atoms with Crippen molar-refractivity contribution < 1.29 is 17.9 Å². The summed E-state index contributed by atoms with van der Waals surface area (Å²) < 4.78 is 31.7. The molecule has 0 aliphatic heterocycles. The van der Waals surface area contributed by atoms with Gasteiger partial charge in [0.25, 0.3) is 0 Å². The first-order chi connectivity index (χ1) is 12.3. The first kappa shape index (κ1) is 20.3. The summed E-state index contributed by atoms with van der Waals surface area (Å²) in [4.78, 5) is 12.3. The summed E-state index contributed by atoms with van der Waals surface area (Å²) in [6.07, 6.45) is 1.95. The Morgan fingerprint density at radius 1 is 1.12 bits per heavy atom. The Morgan fingerprint density at radius 2 is 1.73 bits per heavy atom. The van der Waals surface area contributed by atoms with Gasteiger partial charge in [0.1, 0.15) is 12.3 Å². The smallest absolute Gasteiger partial charge is 0.245 e. The molecule has 6 nitrogen and oxygen atoms in total. The number of hydrogen-bond donors (Lipinski definition) is 1. The van der Waals surface area contributed by atoms with E-state index >= 15 is 0 Å². The van der Waals surface area contributed by atoms with Gasteiger partial charge in [0.2, 0.25) is 15.9 Å². The lowest BCUT2D eigenvalue weighted by Gasteiger charge is -2.22. The largest absolute Gasteiger partial charge is 0.494 e. The van der Waals surface area contributed by atoms with Gasteiger partial charge < -0.3 is 10.1 Å². The molecule has 0 aliphatic rings. The van der Waals surface area contributed by atoms with Crippen LogP contribution in [-0.2, 0) is 14.8 Å². The quantitative estimate of drug-likeness (QED) is 0.679. The highest BCUT2D eigenvalue weighted by molar-refractivity contribution is 9.10. The van der Waals surface area contributed by atoms with Gasteiger partial charge in [-0.2, -0.15) is 0 Å². The molecule has 2 rings (SSSR count). The second-order valence-electron chi connectivity index (χ2n) is 5.67. The lowest BCUT2D eigenvalue weighted by atomic mass is 10.3. The highest BCUT2D eigenvalue weighted by Gasteiger charge is 2.21. The average Bonchev–Trinajstić information content (AvgIpc) is 2.59. The van der Waals surface area contributed by atoms with Crippen LogP contribution in [0.1, 0.15) is 13.3 Å². The van der Waals surface area contributed by atoms with Crippen LogP contribution in [0.5, 0.6) is 5.75 Å². The number of benzene rings is 2. The average molecular weight is 441 g/mol. The number of nitrogens with one attached hydrogen (secondary N) is 1. The zero-order chi connectivity index (χ0) is 19.2. The highest BCUT2D eigenvalue weighted by atomic mass is 79.9. The maximum atomic E-state index is 12.3. The minimum absolute atomic E-state index is 0.315. The number of halogens is 1.